The second-order valence-corrected chi connectivity index (χ2v) is 11.1. The number of carbonyl (C=O) groups is 4. The highest BCUT2D eigenvalue weighted by atomic mass is 16.7. The monoisotopic (exact) mass is 581 g/mol. The number of benzene rings is 1. The first-order chi connectivity index (χ1) is 19.1. The van der Waals surface area contributed by atoms with Crippen LogP contribution in [-0.4, -0.2) is 60.3 Å². The van der Waals surface area contributed by atoms with Gasteiger partial charge in [-0.2, -0.15) is 0 Å². The van der Waals surface area contributed by atoms with Crippen molar-refractivity contribution >= 4 is 24.2 Å². The van der Waals surface area contributed by atoms with Crippen LogP contribution < -0.4 is 14.8 Å². The standard InChI is InChI=1S/C30H47NO10/c1-10-19(6)13-27(32)37-20(7)16-31-24(28(33)34)14-23-11-12-25(40-29(35)38-21(8)17(2)3)26(15-23)41-30(36)39-22(9)18(4)5/h11-12,15,17-22,24,31H,10,13-14,16H2,1-9H3,(H,33,34)/t19?,20?,21?,22?,24-/m0/s1. The summed E-state index contributed by atoms with van der Waals surface area (Å²) in [6, 6.07) is 3.30. The number of carboxylic acid groups (broad SMARTS) is 1. The van der Waals surface area contributed by atoms with E-state index in [2.05, 4.69) is 5.32 Å². The Kier molecular flexibility index (Phi) is 15.2. The molecule has 2 N–H and O–H groups in total. The number of carbonyl (C=O) groups excluding carboxylic acids is 3. The molecule has 0 aliphatic rings. The molecule has 0 aromatic heterocycles. The average Bonchev–Trinajstić information content (AvgIpc) is 2.87. The Morgan fingerprint density at radius 2 is 1.34 bits per heavy atom. The molecule has 5 atom stereocenters. The highest BCUT2D eigenvalue weighted by Gasteiger charge is 2.24. The van der Waals surface area contributed by atoms with Crippen molar-refractivity contribution in [3.8, 4) is 11.5 Å². The summed E-state index contributed by atoms with van der Waals surface area (Å²) in [4.78, 5) is 48.8. The van der Waals surface area contributed by atoms with E-state index in [1.54, 1.807) is 26.8 Å². The molecule has 232 valence electrons. The van der Waals surface area contributed by atoms with Crippen LogP contribution in [0.4, 0.5) is 9.59 Å². The van der Waals surface area contributed by atoms with Crippen molar-refractivity contribution < 1.29 is 48.0 Å². The number of hydrogen-bond acceptors (Lipinski definition) is 10. The Labute approximate surface area is 243 Å². The number of ether oxygens (including phenoxy) is 5. The Balaban J connectivity index is 3.05. The molecule has 0 aliphatic carbocycles. The number of nitrogens with one attached hydrogen (secondary N) is 1. The van der Waals surface area contributed by atoms with Gasteiger partial charge in [-0.15, -0.1) is 0 Å². The van der Waals surface area contributed by atoms with Crippen molar-refractivity contribution in [1.29, 1.82) is 0 Å². The fourth-order valence-electron chi connectivity index (χ4n) is 3.18. The van der Waals surface area contributed by atoms with Gasteiger partial charge < -0.3 is 34.1 Å². The van der Waals surface area contributed by atoms with Gasteiger partial charge in [0.2, 0.25) is 0 Å². The lowest BCUT2D eigenvalue weighted by atomic mass is 10.0. The topological polar surface area (TPSA) is 147 Å². The molecule has 41 heavy (non-hydrogen) atoms. The van der Waals surface area contributed by atoms with E-state index in [1.807, 2.05) is 41.5 Å². The fraction of sp³-hybridized carbons (Fsp3) is 0.667. The van der Waals surface area contributed by atoms with E-state index in [0.29, 0.717) is 12.0 Å². The van der Waals surface area contributed by atoms with Crippen LogP contribution >= 0.6 is 0 Å². The summed E-state index contributed by atoms with van der Waals surface area (Å²) in [5.74, 6) is -1.39. The molecule has 11 heteroatoms. The summed E-state index contributed by atoms with van der Waals surface area (Å²) in [5.41, 5.74) is 0.474. The van der Waals surface area contributed by atoms with Crippen molar-refractivity contribution in [3.05, 3.63) is 23.8 Å². The lowest BCUT2D eigenvalue weighted by Crippen LogP contribution is -2.42. The van der Waals surface area contributed by atoms with E-state index < -0.39 is 42.6 Å². The normalized spacial score (nSPS) is 14.9. The summed E-state index contributed by atoms with van der Waals surface area (Å²) < 4.78 is 26.6. The number of carboxylic acids is 1. The average molecular weight is 582 g/mol. The lowest BCUT2D eigenvalue weighted by molar-refractivity contribution is -0.149. The second kappa shape index (κ2) is 17.5. The van der Waals surface area contributed by atoms with Gasteiger partial charge in [0.1, 0.15) is 24.4 Å². The summed E-state index contributed by atoms with van der Waals surface area (Å²) in [6.45, 7) is 16.7. The maximum absolute atomic E-state index is 12.5. The minimum absolute atomic E-state index is 0.00815. The molecule has 0 saturated carbocycles. The third-order valence-electron chi connectivity index (χ3n) is 6.77. The van der Waals surface area contributed by atoms with Gasteiger partial charge in [-0.25, -0.2) is 9.59 Å². The van der Waals surface area contributed by atoms with Crippen molar-refractivity contribution in [2.24, 2.45) is 17.8 Å². The minimum Gasteiger partial charge on any atom is -0.480 e. The lowest BCUT2D eigenvalue weighted by Gasteiger charge is -2.20. The zero-order valence-electron chi connectivity index (χ0n) is 25.7. The smallest absolute Gasteiger partial charge is 0.480 e. The van der Waals surface area contributed by atoms with Crippen molar-refractivity contribution in [2.45, 2.75) is 106 Å². The minimum atomic E-state index is -1.12. The molecule has 0 spiro atoms. The van der Waals surface area contributed by atoms with Crippen LogP contribution in [0.15, 0.2) is 18.2 Å². The summed E-state index contributed by atoms with van der Waals surface area (Å²) in [7, 11) is 0. The number of rotatable bonds is 16. The predicted molar refractivity (Wildman–Crippen MR) is 152 cm³/mol. The molecule has 4 unspecified atom stereocenters. The van der Waals surface area contributed by atoms with Crippen molar-refractivity contribution in [2.75, 3.05) is 6.54 Å². The van der Waals surface area contributed by atoms with Crippen LogP contribution in [0.25, 0.3) is 0 Å². The summed E-state index contributed by atoms with van der Waals surface area (Å²) >= 11 is 0. The van der Waals surface area contributed by atoms with Crippen LogP contribution in [0.1, 0.15) is 80.7 Å². The highest BCUT2D eigenvalue weighted by molar-refractivity contribution is 5.74. The third-order valence-corrected chi connectivity index (χ3v) is 6.77. The van der Waals surface area contributed by atoms with E-state index >= 15 is 0 Å². The molecule has 0 radical (unpaired) electrons. The molecule has 0 saturated heterocycles. The van der Waals surface area contributed by atoms with Crippen LogP contribution in [0.3, 0.4) is 0 Å². The fourth-order valence-corrected chi connectivity index (χ4v) is 3.18. The van der Waals surface area contributed by atoms with Crippen molar-refractivity contribution in [3.63, 3.8) is 0 Å². The Morgan fingerprint density at radius 1 is 0.805 bits per heavy atom. The van der Waals surface area contributed by atoms with Gasteiger partial charge in [0.05, 0.1) is 0 Å². The Hall–Kier alpha value is -3.34. The van der Waals surface area contributed by atoms with Crippen LogP contribution in [0, 0.1) is 17.8 Å². The van der Waals surface area contributed by atoms with E-state index in [-0.39, 0.29) is 48.2 Å². The number of esters is 1. The third kappa shape index (κ3) is 13.7. The quantitative estimate of drug-likeness (QED) is 0.139. The summed E-state index contributed by atoms with van der Waals surface area (Å²) in [6.07, 6.45) is -2.23. The van der Waals surface area contributed by atoms with E-state index in [0.717, 1.165) is 6.42 Å². The zero-order valence-corrected chi connectivity index (χ0v) is 25.7. The molecule has 0 bridgehead atoms. The van der Waals surface area contributed by atoms with Gasteiger partial charge in [0.15, 0.2) is 11.5 Å². The predicted octanol–water partition coefficient (Wildman–Crippen LogP) is 5.76. The van der Waals surface area contributed by atoms with Crippen molar-refractivity contribution in [1.82, 2.24) is 5.32 Å². The molecule has 1 rings (SSSR count). The van der Waals surface area contributed by atoms with Crippen LogP contribution in [0.2, 0.25) is 0 Å². The molecule has 0 amide bonds. The second-order valence-electron chi connectivity index (χ2n) is 11.1. The number of hydrogen-bond donors (Lipinski definition) is 2. The molecular weight excluding hydrogens is 534 g/mol. The van der Waals surface area contributed by atoms with E-state index in [4.69, 9.17) is 23.7 Å². The first-order valence-electron chi connectivity index (χ1n) is 14.2. The largest absolute Gasteiger partial charge is 0.514 e. The molecule has 11 nitrogen and oxygen atoms in total. The highest BCUT2D eigenvalue weighted by Crippen LogP contribution is 2.30. The molecule has 1 aromatic rings. The molecular formula is C30H47NO10. The first kappa shape index (κ1) is 35.7. The first-order valence-corrected chi connectivity index (χ1v) is 14.2. The SMILES string of the molecule is CCC(C)CC(=O)OC(C)CN[C@@H](Cc1ccc(OC(=O)OC(C)C(C)C)c(OC(=O)OC(C)C(C)C)c1)C(=O)O. The molecule has 0 aliphatic heterocycles. The van der Waals surface area contributed by atoms with E-state index in [1.165, 1.54) is 12.1 Å². The molecule has 0 heterocycles. The Bertz CT molecular complexity index is 1010. The Morgan fingerprint density at radius 3 is 1.83 bits per heavy atom. The van der Waals surface area contributed by atoms with E-state index in [9.17, 15) is 24.3 Å². The van der Waals surface area contributed by atoms with Gasteiger partial charge in [-0.05, 0) is 62.6 Å². The van der Waals surface area contributed by atoms with Crippen LogP contribution in [0.5, 0.6) is 11.5 Å². The molecule has 0 fully saturated rings. The van der Waals surface area contributed by atoms with Gasteiger partial charge in [0, 0.05) is 13.0 Å². The van der Waals surface area contributed by atoms with Gasteiger partial charge in [0.25, 0.3) is 0 Å². The summed E-state index contributed by atoms with van der Waals surface area (Å²) in [5, 5.41) is 12.7. The number of aliphatic carboxylic acids is 1. The van der Waals surface area contributed by atoms with Crippen LogP contribution in [-0.2, 0) is 30.2 Å². The van der Waals surface area contributed by atoms with Gasteiger partial charge in [-0.3, -0.25) is 9.59 Å². The zero-order chi connectivity index (χ0) is 31.3. The van der Waals surface area contributed by atoms with Gasteiger partial charge in [-0.1, -0.05) is 54.0 Å². The molecule has 1 aromatic carbocycles. The maximum Gasteiger partial charge on any atom is 0.514 e. The van der Waals surface area contributed by atoms with Gasteiger partial charge >= 0.3 is 24.2 Å². The maximum atomic E-state index is 12.5.